The number of ether oxygens (including phenoxy) is 2. The van der Waals surface area contributed by atoms with Gasteiger partial charge in [-0.15, -0.1) is 0 Å². The van der Waals surface area contributed by atoms with E-state index in [1.807, 2.05) is 60.7 Å². The van der Waals surface area contributed by atoms with Gasteiger partial charge in [0.15, 0.2) is 5.60 Å². The van der Waals surface area contributed by atoms with Gasteiger partial charge in [-0.05, 0) is 12.0 Å². The van der Waals surface area contributed by atoms with Crippen LogP contribution in [0.2, 0.25) is 0 Å². The molecule has 2 aromatic rings. The highest BCUT2D eigenvalue weighted by atomic mass is 16.5. The Kier molecular flexibility index (Phi) is 4.75. The summed E-state index contributed by atoms with van der Waals surface area (Å²) in [5.41, 5.74) is 2.18. The Labute approximate surface area is 148 Å². The van der Waals surface area contributed by atoms with Crippen LogP contribution in [-0.2, 0) is 19.9 Å². The molecule has 3 nitrogen and oxygen atoms in total. The van der Waals surface area contributed by atoms with Crippen LogP contribution >= 0.6 is 0 Å². The second kappa shape index (κ2) is 6.98. The van der Waals surface area contributed by atoms with E-state index in [-0.39, 0.29) is 0 Å². The molecule has 0 unspecified atom stereocenters. The number of esters is 1. The Morgan fingerprint density at radius 2 is 1.68 bits per heavy atom. The van der Waals surface area contributed by atoms with Crippen LogP contribution in [0.1, 0.15) is 30.9 Å². The van der Waals surface area contributed by atoms with Crippen molar-refractivity contribution in [2.24, 2.45) is 0 Å². The number of methoxy groups -OCH3 is 1. The van der Waals surface area contributed by atoms with Gasteiger partial charge in [0.1, 0.15) is 11.3 Å². The van der Waals surface area contributed by atoms with Gasteiger partial charge in [-0.3, -0.25) is 0 Å². The first-order chi connectivity index (χ1) is 12.1. The van der Waals surface area contributed by atoms with Gasteiger partial charge >= 0.3 is 5.97 Å². The molecule has 0 N–H and O–H groups in total. The molecule has 0 fully saturated rings. The van der Waals surface area contributed by atoms with E-state index in [0.29, 0.717) is 16.9 Å². The molecule has 1 aliphatic rings. The Hall–Kier alpha value is -2.81. The van der Waals surface area contributed by atoms with Crippen molar-refractivity contribution in [3.63, 3.8) is 0 Å². The minimum absolute atomic E-state index is 0.419. The first kappa shape index (κ1) is 17.0. The van der Waals surface area contributed by atoms with Crippen LogP contribution in [-0.4, -0.2) is 13.1 Å². The maximum atomic E-state index is 12.5. The molecule has 1 heterocycles. The zero-order valence-corrected chi connectivity index (χ0v) is 14.6. The van der Waals surface area contributed by atoms with E-state index >= 15 is 0 Å². The van der Waals surface area contributed by atoms with Gasteiger partial charge in [0.2, 0.25) is 0 Å². The molecule has 0 radical (unpaired) electrons. The lowest BCUT2D eigenvalue weighted by molar-refractivity contribution is -0.135. The van der Waals surface area contributed by atoms with Crippen LogP contribution in [0.3, 0.4) is 0 Å². The Morgan fingerprint density at radius 3 is 2.24 bits per heavy atom. The summed E-state index contributed by atoms with van der Waals surface area (Å²) in [4.78, 5) is 12.5. The van der Waals surface area contributed by atoms with Gasteiger partial charge in [0.25, 0.3) is 0 Å². The van der Waals surface area contributed by atoms with E-state index in [0.717, 1.165) is 24.0 Å². The monoisotopic (exact) mass is 334 g/mol. The van der Waals surface area contributed by atoms with Crippen LogP contribution in [0, 0.1) is 0 Å². The van der Waals surface area contributed by atoms with Gasteiger partial charge in [0, 0.05) is 11.1 Å². The third kappa shape index (κ3) is 2.86. The average molecular weight is 334 g/mol. The molecule has 1 aliphatic heterocycles. The summed E-state index contributed by atoms with van der Waals surface area (Å²) < 4.78 is 11.5. The van der Waals surface area contributed by atoms with Crippen molar-refractivity contribution >= 4 is 11.7 Å². The zero-order valence-electron chi connectivity index (χ0n) is 14.6. The molecular weight excluding hydrogens is 312 g/mol. The van der Waals surface area contributed by atoms with Gasteiger partial charge in [0.05, 0.1) is 7.11 Å². The maximum Gasteiger partial charge on any atom is 0.342 e. The van der Waals surface area contributed by atoms with Crippen molar-refractivity contribution in [3.05, 3.63) is 89.5 Å². The van der Waals surface area contributed by atoms with E-state index < -0.39 is 11.6 Å². The molecular formula is C22H22O3. The fourth-order valence-electron chi connectivity index (χ4n) is 3.38. The third-order valence-electron chi connectivity index (χ3n) is 4.56. The van der Waals surface area contributed by atoms with E-state index in [1.165, 1.54) is 7.11 Å². The number of hydrogen-bond acceptors (Lipinski definition) is 3. The Bertz CT molecular complexity index is 806. The normalized spacial score (nSPS) is 19.7. The van der Waals surface area contributed by atoms with E-state index in [1.54, 1.807) is 0 Å². The predicted octanol–water partition coefficient (Wildman–Crippen LogP) is 4.85. The van der Waals surface area contributed by atoms with Gasteiger partial charge in [-0.2, -0.15) is 0 Å². The van der Waals surface area contributed by atoms with Gasteiger partial charge < -0.3 is 9.47 Å². The molecule has 1 atom stereocenters. The fraction of sp³-hybridized carbons (Fsp3) is 0.227. The SMILES string of the molecule is C=C1C(C(=O)OC)=C(c2ccccc2)O[C@@]1(CCC)c1ccccc1. The Morgan fingerprint density at radius 1 is 1.08 bits per heavy atom. The molecule has 0 saturated carbocycles. The molecule has 0 amide bonds. The lowest BCUT2D eigenvalue weighted by atomic mass is 9.81. The summed E-state index contributed by atoms with van der Waals surface area (Å²) in [6, 6.07) is 19.6. The first-order valence-electron chi connectivity index (χ1n) is 8.46. The minimum atomic E-state index is -0.745. The lowest BCUT2D eigenvalue weighted by Crippen LogP contribution is -2.28. The van der Waals surface area contributed by atoms with Crippen molar-refractivity contribution in [3.8, 4) is 0 Å². The molecule has 3 heteroatoms. The molecule has 0 bridgehead atoms. The second-order valence-corrected chi connectivity index (χ2v) is 6.09. The van der Waals surface area contributed by atoms with Crippen LogP contribution in [0.25, 0.3) is 5.76 Å². The molecule has 0 spiro atoms. The number of hydrogen-bond donors (Lipinski definition) is 0. The van der Waals surface area contributed by atoms with E-state index in [2.05, 4.69) is 13.5 Å². The molecule has 3 rings (SSSR count). The summed E-state index contributed by atoms with van der Waals surface area (Å²) >= 11 is 0. The van der Waals surface area contributed by atoms with Crippen LogP contribution in [0.4, 0.5) is 0 Å². The highest BCUT2D eigenvalue weighted by Gasteiger charge is 2.48. The molecule has 128 valence electrons. The van der Waals surface area contributed by atoms with Crippen molar-refractivity contribution in [1.82, 2.24) is 0 Å². The number of rotatable bonds is 5. The number of carbonyl (C=O) groups is 1. The third-order valence-corrected chi connectivity index (χ3v) is 4.56. The Balaban J connectivity index is 2.17. The number of benzene rings is 2. The van der Waals surface area contributed by atoms with Crippen LogP contribution in [0.15, 0.2) is 78.4 Å². The summed E-state index contributed by atoms with van der Waals surface area (Å²) in [5.74, 6) is 0.118. The molecule has 2 aromatic carbocycles. The highest BCUT2D eigenvalue weighted by Crippen LogP contribution is 2.51. The quantitative estimate of drug-likeness (QED) is 0.733. The summed E-state index contributed by atoms with van der Waals surface area (Å²) in [5, 5.41) is 0. The van der Waals surface area contributed by atoms with Crippen molar-refractivity contribution in [1.29, 1.82) is 0 Å². The average Bonchev–Trinajstić information content (AvgIpc) is 2.96. The summed E-state index contributed by atoms with van der Waals surface area (Å²) in [7, 11) is 1.38. The highest BCUT2D eigenvalue weighted by molar-refractivity contribution is 6.03. The molecule has 25 heavy (non-hydrogen) atoms. The molecule has 0 saturated heterocycles. The second-order valence-electron chi connectivity index (χ2n) is 6.09. The van der Waals surface area contributed by atoms with E-state index in [9.17, 15) is 4.79 Å². The van der Waals surface area contributed by atoms with Crippen LogP contribution < -0.4 is 0 Å². The number of carbonyl (C=O) groups excluding carboxylic acids is 1. The van der Waals surface area contributed by atoms with Gasteiger partial charge in [-0.1, -0.05) is 80.6 Å². The smallest absolute Gasteiger partial charge is 0.342 e. The topological polar surface area (TPSA) is 35.5 Å². The minimum Gasteiger partial charge on any atom is -0.476 e. The first-order valence-corrected chi connectivity index (χ1v) is 8.46. The largest absolute Gasteiger partial charge is 0.476 e. The standard InChI is InChI=1S/C22H22O3/c1-4-15-22(18-13-9-6-10-14-18)16(2)19(21(23)24-3)20(25-22)17-11-7-5-8-12-17/h5-14H,2,4,15H2,1,3H3/t22-/m1/s1. The summed E-state index contributed by atoms with van der Waals surface area (Å²) in [6.45, 7) is 6.34. The molecule has 0 aliphatic carbocycles. The maximum absolute atomic E-state index is 12.5. The van der Waals surface area contributed by atoms with Crippen molar-refractivity contribution < 1.29 is 14.3 Å². The van der Waals surface area contributed by atoms with Gasteiger partial charge in [-0.25, -0.2) is 4.79 Å². The predicted molar refractivity (Wildman–Crippen MR) is 98.6 cm³/mol. The van der Waals surface area contributed by atoms with Crippen LogP contribution in [0.5, 0.6) is 0 Å². The fourth-order valence-corrected chi connectivity index (χ4v) is 3.38. The summed E-state index contributed by atoms with van der Waals surface area (Å²) in [6.07, 6.45) is 1.62. The zero-order chi connectivity index (χ0) is 17.9. The lowest BCUT2D eigenvalue weighted by Gasteiger charge is -2.31. The van der Waals surface area contributed by atoms with Crippen molar-refractivity contribution in [2.75, 3.05) is 7.11 Å². The molecule has 0 aromatic heterocycles. The van der Waals surface area contributed by atoms with E-state index in [4.69, 9.17) is 9.47 Å². The van der Waals surface area contributed by atoms with Crippen molar-refractivity contribution in [2.45, 2.75) is 25.4 Å².